The summed E-state index contributed by atoms with van der Waals surface area (Å²) >= 11 is 0. The van der Waals surface area contributed by atoms with Gasteiger partial charge in [-0.25, -0.2) is 0 Å². The molecule has 0 aliphatic carbocycles. The highest BCUT2D eigenvalue weighted by Crippen LogP contribution is 2.18. The fourth-order valence-electron chi connectivity index (χ4n) is 3.15. The predicted octanol–water partition coefficient (Wildman–Crippen LogP) is 1.50. The molecule has 7 nitrogen and oxygen atoms in total. The van der Waals surface area contributed by atoms with E-state index < -0.39 is 0 Å². The Morgan fingerprint density at radius 3 is 2.85 bits per heavy atom. The van der Waals surface area contributed by atoms with Gasteiger partial charge in [0.2, 0.25) is 11.8 Å². The molecule has 1 N–H and O–H groups in total. The number of benzene rings is 1. The molecule has 1 aliphatic heterocycles. The highest BCUT2D eigenvalue weighted by atomic mass is 16.5. The lowest BCUT2D eigenvalue weighted by molar-refractivity contribution is -0.129. The molecule has 0 fully saturated rings. The zero-order chi connectivity index (χ0) is 18.5. The Bertz CT molecular complexity index is 800. The molecule has 0 atom stereocenters. The Morgan fingerprint density at radius 1 is 1.27 bits per heavy atom. The van der Waals surface area contributed by atoms with Crippen molar-refractivity contribution in [2.24, 2.45) is 0 Å². The monoisotopic (exact) mass is 356 g/mol. The van der Waals surface area contributed by atoms with E-state index >= 15 is 0 Å². The Kier molecular flexibility index (Phi) is 5.55. The molecule has 1 aromatic carbocycles. The minimum Gasteiger partial charge on any atom is -0.496 e. The molecule has 3 rings (SSSR count). The van der Waals surface area contributed by atoms with Crippen molar-refractivity contribution < 1.29 is 14.3 Å². The maximum Gasteiger partial charge on any atom is 0.224 e. The molecular weight excluding hydrogens is 332 g/mol. The first-order chi connectivity index (χ1) is 12.6. The standard InChI is InChI=1S/C19H24N4O3/c1-14(24)22-8-5-9-23-17(13-22)11-16(21-23)12-20-19(25)10-15-6-3-4-7-18(15)26-2/h3-4,6-7,11H,5,8-10,12-13H2,1-2H3,(H,20,25). The number of carbonyl (C=O) groups is 2. The summed E-state index contributed by atoms with van der Waals surface area (Å²) < 4.78 is 7.21. The van der Waals surface area contributed by atoms with Gasteiger partial charge >= 0.3 is 0 Å². The topological polar surface area (TPSA) is 76.5 Å². The minimum atomic E-state index is -0.0805. The summed E-state index contributed by atoms with van der Waals surface area (Å²) in [6.07, 6.45) is 1.14. The third kappa shape index (κ3) is 4.22. The number of fused-ring (bicyclic) bond motifs is 1. The summed E-state index contributed by atoms with van der Waals surface area (Å²) in [5.74, 6) is 0.704. The van der Waals surface area contributed by atoms with E-state index in [1.165, 1.54) is 0 Å². The summed E-state index contributed by atoms with van der Waals surface area (Å²) in [7, 11) is 1.60. The number of rotatable bonds is 5. The molecule has 7 heteroatoms. The molecule has 0 spiro atoms. The van der Waals surface area contributed by atoms with Crippen molar-refractivity contribution in [3.63, 3.8) is 0 Å². The smallest absolute Gasteiger partial charge is 0.224 e. The van der Waals surface area contributed by atoms with Crippen molar-refractivity contribution in [2.45, 2.75) is 39.4 Å². The van der Waals surface area contributed by atoms with Crippen molar-refractivity contribution in [3.05, 3.63) is 47.3 Å². The molecule has 2 aromatic rings. The fraction of sp³-hybridized carbons (Fsp3) is 0.421. The van der Waals surface area contributed by atoms with Crippen molar-refractivity contribution in [1.82, 2.24) is 20.0 Å². The molecular formula is C19H24N4O3. The van der Waals surface area contributed by atoms with Gasteiger partial charge in [-0.2, -0.15) is 5.10 Å². The van der Waals surface area contributed by atoms with Crippen LogP contribution < -0.4 is 10.1 Å². The van der Waals surface area contributed by atoms with Gasteiger partial charge in [0.05, 0.1) is 38.0 Å². The normalized spacial score (nSPS) is 13.7. The van der Waals surface area contributed by atoms with E-state index in [2.05, 4.69) is 10.4 Å². The maximum absolute atomic E-state index is 12.2. The number of amides is 2. The average molecular weight is 356 g/mol. The number of nitrogens with zero attached hydrogens (tertiary/aromatic N) is 3. The van der Waals surface area contributed by atoms with Crippen molar-refractivity contribution in [3.8, 4) is 5.75 Å². The molecule has 2 heterocycles. The summed E-state index contributed by atoms with van der Waals surface area (Å²) in [6, 6.07) is 9.45. The first-order valence-corrected chi connectivity index (χ1v) is 8.76. The average Bonchev–Trinajstić information content (AvgIpc) is 2.90. The minimum absolute atomic E-state index is 0.0753. The van der Waals surface area contributed by atoms with Gasteiger partial charge in [0.1, 0.15) is 5.75 Å². The van der Waals surface area contributed by atoms with E-state index in [0.717, 1.165) is 36.5 Å². The highest BCUT2D eigenvalue weighted by molar-refractivity contribution is 5.79. The lowest BCUT2D eigenvalue weighted by Crippen LogP contribution is -2.28. The molecule has 1 aromatic heterocycles. The van der Waals surface area contributed by atoms with Crippen molar-refractivity contribution >= 4 is 11.8 Å². The van der Waals surface area contributed by atoms with Crippen LogP contribution in [0.1, 0.15) is 30.3 Å². The largest absolute Gasteiger partial charge is 0.496 e. The SMILES string of the molecule is COc1ccccc1CC(=O)NCc1cc2n(n1)CCCN(C(C)=O)C2. The number of hydrogen-bond donors (Lipinski definition) is 1. The van der Waals surface area contributed by atoms with E-state index in [1.807, 2.05) is 39.9 Å². The van der Waals surface area contributed by atoms with Crippen LogP contribution in [-0.4, -0.2) is 40.1 Å². The number of carbonyl (C=O) groups excluding carboxylic acids is 2. The molecule has 26 heavy (non-hydrogen) atoms. The van der Waals surface area contributed by atoms with Crippen LogP contribution in [0, 0.1) is 0 Å². The number of aryl methyl sites for hydroxylation is 1. The van der Waals surface area contributed by atoms with Gasteiger partial charge in [0.15, 0.2) is 0 Å². The number of aromatic nitrogens is 2. The zero-order valence-corrected chi connectivity index (χ0v) is 15.2. The van der Waals surface area contributed by atoms with Crippen LogP contribution in [0.3, 0.4) is 0 Å². The van der Waals surface area contributed by atoms with E-state index in [-0.39, 0.29) is 18.2 Å². The lowest BCUT2D eigenvalue weighted by Gasteiger charge is -2.17. The van der Waals surface area contributed by atoms with Crippen LogP contribution in [0.5, 0.6) is 5.75 Å². The lowest BCUT2D eigenvalue weighted by atomic mass is 10.1. The van der Waals surface area contributed by atoms with Gasteiger partial charge in [-0.15, -0.1) is 0 Å². The van der Waals surface area contributed by atoms with Gasteiger partial charge in [-0.05, 0) is 18.6 Å². The summed E-state index contributed by atoms with van der Waals surface area (Å²) in [4.78, 5) is 25.7. The van der Waals surface area contributed by atoms with Crippen molar-refractivity contribution in [2.75, 3.05) is 13.7 Å². The van der Waals surface area contributed by atoms with Gasteiger partial charge in [0, 0.05) is 25.6 Å². The van der Waals surface area contributed by atoms with E-state index in [1.54, 1.807) is 14.0 Å². The molecule has 1 aliphatic rings. The Balaban J connectivity index is 1.59. The summed E-state index contributed by atoms with van der Waals surface area (Å²) in [5.41, 5.74) is 2.66. The van der Waals surface area contributed by atoms with E-state index in [0.29, 0.717) is 18.8 Å². The fourth-order valence-corrected chi connectivity index (χ4v) is 3.15. The number of nitrogens with one attached hydrogen (secondary N) is 1. The molecule has 0 saturated heterocycles. The van der Waals surface area contributed by atoms with Crippen LogP contribution >= 0.6 is 0 Å². The number of para-hydroxylation sites is 1. The number of ether oxygens (including phenoxy) is 1. The molecule has 0 bridgehead atoms. The quantitative estimate of drug-likeness (QED) is 0.881. The molecule has 0 unspecified atom stereocenters. The van der Waals surface area contributed by atoms with Gasteiger partial charge in [-0.1, -0.05) is 18.2 Å². The Labute approximate surface area is 152 Å². The first-order valence-electron chi connectivity index (χ1n) is 8.76. The van der Waals surface area contributed by atoms with Crippen LogP contribution in [0.4, 0.5) is 0 Å². The second-order valence-electron chi connectivity index (χ2n) is 6.41. The molecule has 0 saturated carbocycles. The highest BCUT2D eigenvalue weighted by Gasteiger charge is 2.18. The maximum atomic E-state index is 12.2. The molecule has 2 amide bonds. The number of methoxy groups -OCH3 is 1. The molecule has 138 valence electrons. The zero-order valence-electron chi connectivity index (χ0n) is 15.2. The number of hydrogen-bond acceptors (Lipinski definition) is 4. The second kappa shape index (κ2) is 8.03. The van der Waals surface area contributed by atoms with E-state index in [4.69, 9.17) is 4.74 Å². The first kappa shape index (κ1) is 18.0. The van der Waals surface area contributed by atoms with Crippen LogP contribution in [-0.2, 0) is 35.6 Å². The predicted molar refractivity (Wildman–Crippen MR) is 96.5 cm³/mol. The van der Waals surface area contributed by atoms with E-state index in [9.17, 15) is 9.59 Å². The third-order valence-electron chi connectivity index (χ3n) is 4.52. The van der Waals surface area contributed by atoms with Gasteiger partial charge in [-0.3, -0.25) is 14.3 Å². The third-order valence-corrected chi connectivity index (χ3v) is 4.52. The molecule has 0 radical (unpaired) electrons. The Morgan fingerprint density at radius 2 is 2.08 bits per heavy atom. The van der Waals surface area contributed by atoms with Crippen LogP contribution in [0.2, 0.25) is 0 Å². The Hall–Kier alpha value is -2.83. The summed E-state index contributed by atoms with van der Waals surface area (Å²) in [6.45, 7) is 4.06. The van der Waals surface area contributed by atoms with Crippen LogP contribution in [0.25, 0.3) is 0 Å². The summed E-state index contributed by atoms with van der Waals surface area (Å²) in [5, 5.41) is 7.46. The van der Waals surface area contributed by atoms with Gasteiger partial charge in [0.25, 0.3) is 0 Å². The van der Waals surface area contributed by atoms with Crippen LogP contribution in [0.15, 0.2) is 30.3 Å². The second-order valence-corrected chi connectivity index (χ2v) is 6.41. The van der Waals surface area contributed by atoms with Crippen molar-refractivity contribution in [1.29, 1.82) is 0 Å². The van der Waals surface area contributed by atoms with Gasteiger partial charge < -0.3 is 15.0 Å².